The lowest BCUT2D eigenvalue weighted by atomic mass is 9.76. The predicted molar refractivity (Wildman–Crippen MR) is 86.5 cm³/mol. The molecular formula is C17H22N4O3. The van der Waals surface area contributed by atoms with E-state index in [1.807, 2.05) is 6.07 Å². The third kappa shape index (κ3) is 4.15. The van der Waals surface area contributed by atoms with Crippen molar-refractivity contribution in [1.29, 1.82) is 5.26 Å². The Balaban J connectivity index is 1.32. The van der Waals surface area contributed by atoms with Crippen LogP contribution in [0.2, 0.25) is 0 Å². The van der Waals surface area contributed by atoms with Gasteiger partial charge in [-0.1, -0.05) is 6.42 Å². The van der Waals surface area contributed by atoms with Crippen molar-refractivity contribution in [2.45, 2.75) is 31.8 Å². The highest BCUT2D eigenvalue weighted by molar-refractivity contribution is 5.73. The van der Waals surface area contributed by atoms with Crippen molar-refractivity contribution in [3.8, 4) is 11.9 Å². The highest BCUT2D eigenvalue weighted by Crippen LogP contribution is 2.43. The van der Waals surface area contributed by atoms with E-state index in [0.29, 0.717) is 37.2 Å². The second-order valence-corrected chi connectivity index (χ2v) is 6.48. The molecule has 1 saturated heterocycles. The van der Waals surface area contributed by atoms with Crippen LogP contribution < -0.4 is 15.4 Å². The molecule has 128 valence electrons. The van der Waals surface area contributed by atoms with Crippen LogP contribution in [0.25, 0.3) is 0 Å². The van der Waals surface area contributed by atoms with Crippen LogP contribution in [0.1, 0.15) is 31.2 Å². The average molecular weight is 330 g/mol. The summed E-state index contributed by atoms with van der Waals surface area (Å²) < 4.78 is 11.2. The molecule has 24 heavy (non-hydrogen) atoms. The van der Waals surface area contributed by atoms with E-state index in [1.54, 1.807) is 12.1 Å². The molecule has 1 aliphatic heterocycles. The number of urea groups is 1. The molecule has 3 rings (SSSR count). The summed E-state index contributed by atoms with van der Waals surface area (Å²) in [4.78, 5) is 15.9. The topological polar surface area (TPSA) is 96.3 Å². The number of fused-ring (bicyclic) bond motifs is 2. The first-order valence-electron chi connectivity index (χ1n) is 8.31. The molecular weight excluding hydrogens is 308 g/mol. The SMILES string of the molecule is N#Cc1ccc(OCCNC(=O)NCC23CCCC(C2)OC3)nc1. The number of amides is 2. The maximum absolute atomic E-state index is 11.9. The van der Waals surface area contributed by atoms with Gasteiger partial charge in [-0.05, 0) is 25.3 Å². The molecule has 2 bridgehead atoms. The number of pyridine rings is 1. The molecule has 7 nitrogen and oxygen atoms in total. The summed E-state index contributed by atoms with van der Waals surface area (Å²) in [7, 11) is 0. The molecule has 2 atom stereocenters. The lowest BCUT2D eigenvalue weighted by Crippen LogP contribution is -2.44. The van der Waals surface area contributed by atoms with Gasteiger partial charge < -0.3 is 20.1 Å². The monoisotopic (exact) mass is 330 g/mol. The third-order valence-electron chi connectivity index (χ3n) is 4.65. The largest absolute Gasteiger partial charge is 0.476 e. The Morgan fingerprint density at radius 2 is 2.42 bits per heavy atom. The van der Waals surface area contributed by atoms with Gasteiger partial charge in [-0.2, -0.15) is 5.26 Å². The fraction of sp³-hybridized carbons (Fsp3) is 0.588. The predicted octanol–water partition coefficient (Wildman–Crippen LogP) is 1.59. The molecule has 2 amide bonds. The minimum absolute atomic E-state index is 0.128. The van der Waals surface area contributed by atoms with Crippen molar-refractivity contribution < 1.29 is 14.3 Å². The average Bonchev–Trinajstić information content (AvgIpc) is 2.92. The first kappa shape index (κ1) is 16.5. The van der Waals surface area contributed by atoms with Crippen molar-refractivity contribution in [3.05, 3.63) is 23.9 Å². The number of ether oxygens (including phenoxy) is 2. The van der Waals surface area contributed by atoms with Gasteiger partial charge in [0.05, 0.1) is 24.8 Å². The fourth-order valence-corrected chi connectivity index (χ4v) is 3.35. The van der Waals surface area contributed by atoms with Gasteiger partial charge in [-0.15, -0.1) is 0 Å². The van der Waals surface area contributed by atoms with Gasteiger partial charge in [0.25, 0.3) is 0 Å². The highest BCUT2D eigenvalue weighted by Gasteiger charge is 2.43. The molecule has 2 unspecified atom stereocenters. The second-order valence-electron chi connectivity index (χ2n) is 6.48. The van der Waals surface area contributed by atoms with E-state index in [4.69, 9.17) is 14.7 Å². The van der Waals surface area contributed by atoms with Crippen LogP contribution in [0, 0.1) is 16.7 Å². The van der Waals surface area contributed by atoms with E-state index in [0.717, 1.165) is 25.9 Å². The van der Waals surface area contributed by atoms with E-state index >= 15 is 0 Å². The van der Waals surface area contributed by atoms with Crippen LogP contribution in [0.5, 0.6) is 5.88 Å². The smallest absolute Gasteiger partial charge is 0.314 e. The number of aromatic nitrogens is 1. The maximum Gasteiger partial charge on any atom is 0.314 e. The first-order chi connectivity index (χ1) is 11.7. The number of carbonyl (C=O) groups excluding carboxylic acids is 1. The molecule has 1 aromatic rings. The second kappa shape index (κ2) is 7.49. The maximum atomic E-state index is 11.9. The Bertz CT molecular complexity index is 609. The van der Waals surface area contributed by atoms with Crippen LogP contribution in [-0.2, 0) is 4.74 Å². The van der Waals surface area contributed by atoms with E-state index in [9.17, 15) is 4.79 Å². The Kier molecular flexibility index (Phi) is 5.16. The molecule has 7 heteroatoms. The number of nitrogens with zero attached hydrogens (tertiary/aromatic N) is 2. The standard InChI is InChI=1S/C17H22N4O3/c18-9-13-3-4-15(20-10-13)23-7-6-19-16(22)21-11-17-5-1-2-14(8-17)24-12-17/h3-4,10,14H,1-2,5-8,11-12H2,(H2,19,21,22). The van der Waals surface area contributed by atoms with Gasteiger partial charge in [0.15, 0.2) is 0 Å². The van der Waals surface area contributed by atoms with Crippen molar-refractivity contribution in [1.82, 2.24) is 15.6 Å². The zero-order valence-corrected chi connectivity index (χ0v) is 13.6. The van der Waals surface area contributed by atoms with Crippen molar-refractivity contribution in [2.75, 3.05) is 26.3 Å². The number of rotatable bonds is 6. The third-order valence-corrected chi connectivity index (χ3v) is 4.65. The van der Waals surface area contributed by atoms with Gasteiger partial charge in [0, 0.05) is 24.2 Å². The van der Waals surface area contributed by atoms with Crippen molar-refractivity contribution >= 4 is 6.03 Å². The van der Waals surface area contributed by atoms with Crippen LogP contribution in [-0.4, -0.2) is 43.4 Å². The Labute approximate surface area is 141 Å². The zero-order valence-electron chi connectivity index (χ0n) is 13.6. The zero-order chi connectivity index (χ0) is 16.8. The lowest BCUT2D eigenvalue weighted by molar-refractivity contribution is 0.103. The number of nitrogens with one attached hydrogen (secondary N) is 2. The summed E-state index contributed by atoms with van der Waals surface area (Å²) in [5.74, 6) is 0.437. The van der Waals surface area contributed by atoms with E-state index in [-0.39, 0.29) is 11.4 Å². The van der Waals surface area contributed by atoms with Crippen LogP contribution >= 0.6 is 0 Å². The van der Waals surface area contributed by atoms with Gasteiger partial charge in [0.1, 0.15) is 12.7 Å². The highest BCUT2D eigenvalue weighted by atomic mass is 16.5. The molecule has 0 aromatic carbocycles. The minimum atomic E-state index is -0.185. The quantitative estimate of drug-likeness (QED) is 0.772. The van der Waals surface area contributed by atoms with Crippen molar-refractivity contribution in [2.24, 2.45) is 5.41 Å². The van der Waals surface area contributed by atoms with E-state index in [2.05, 4.69) is 15.6 Å². The van der Waals surface area contributed by atoms with Crippen LogP contribution in [0.3, 0.4) is 0 Å². The first-order valence-corrected chi connectivity index (χ1v) is 8.31. The van der Waals surface area contributed by atoms with Gasteiger partial charge >= 0.3 is 6.03 Å². The molecule has 0 spiro atoms. The molecule has 0 radical (unpaired) electrons. The summed E-state index contributed by atoms with van der Waals surface area (Å²) in [6, 6.07) is 5.09. The Hall–Kier alpha value is -2.33. The van der Waals surface area contributed by atoms with Gasteiger partial charge in [0.2, 0.25) is 5.88 Å². The fourth-order valence-electron chi connectivity index (χ4n) is 3.35. The van der Waals surface area contributed by atoms with Crippen LogP contribution in [0.4, 0.5) is 4.79 Å². The summed E-state index contributed by atoms with van der Waals surface area (Å²) in [6.07, 6.45) is 6.35. The van der Waals surface area contributed by atoms with Gasteiger partial charge in [-0.3, -0.25) is 0 Å². The summed E-state index contributed by atoms with van der Waals surface area (Å²) in [6.45, 7) is 2.13. The summed E-state index contributed by atoms with van der Waals surface area (Å²) in [5.41, 5.74) is 0.614. The molecule has 1 aromatic heterocycles. The minimum Gasteiger partial charge on any atom is -0.476 e. The number of hydrogen-bond acceptors (Lipinski definition) is 5. The van der Waals surface area contributed by atoms with Gasteiger partial charge in [-0.25, -0.2) is 9.78 Å². The normalized spacial score (nSPS) is 24.9. The molecule has 2 heterocycles. The molecule has 1 saturated carbocycles. The lowest BCUT2D eigenvalue weighted by Gasteiger charge is -2.30. The molecule has 2 fully saturated rings. The van der Waals surface area contributed by atoms with Crippen molar-refractivity contribution in [3.63, 3.8) is 0 Å². The van der Waals surface area contributed by atoms with E-state index in [1.165, 1.54) is 12.6 Å². The van der Waals surface area contributed by atoms with E-state index < -0.39 is 0 Å². The molecule has 2 aliphatic rings. The number of nitriles is 1. The molecule has 2 N–H and O–H groups in total. The summed E-state index contributed by atoms with van der Waals surface area (Å²) in [5, 5.41) is 14.4. The Morgan fingerprint density at radius 1 is 1.50 bits per heavy atom. The number of carbonyl (C=O) groups is 1. The Morgan fingerprint density at radius 3 is 3.21 bits per heavy atom. The molecule has 1 aliphatic carbocycles. The summed E-state index contributed by atoms with van der Waals surface area (Å²) >= 11 is 0. The van der Waals surface area contributed by atoms with Crippen LogP contribution in [0.15, 0.2) is 18.3 Å². The number of hydrogen-bond donors (Lipinski definition) is 2.